The minimum absolute atomic E-state index is 0.582. The van der Waals surface area contributed by atoms with Crippen LogP contribution in [-0.4, -0.2) is 23.9 Å². The fraction of sp³-hybridized carbons (Fsp3) is 0.250. The lowest BCUT2D eigenvalue weighted by Crippen LogP contribution is -1.96. The van der Waals surface area contributed by atoms with E-state index in [1.165, 1.54) is 0 Å². The highest BCUT2D eigenvalue weighted by Gasteiger charge is 2.09. The summed E-state index contributed by atoms with van der Waals surface area (Å²) in [6, 6.07) is 5.64. The van der Waals surface area contributed by atoms with Gasteiger partial charge in [-0.15, -0.1) is 0 Å². The molecule has 90 valence electrons. The highest BCUT2D eigenvalue weighted by molar-refractivity contribution is 5.73. The maximum absolute atomic E-state index is 5.80. The lowest BCUT2D eigenvalue weighted by Gasteiger charge is -2.10. The van der Waals surface area contributed by atoms with Crippen molar-refractivity contribution in [1.82, 2.24) is 10.2 Å². The standard InChI is InChI=1S/C12H15N3O2/c1-3-17-11-6-8(4-5-10(11)16-2)12-9(13)7-14-15-12/h4-7H,3,13H2,1-2H3,(H,14,15). The van der Waals surface area contributed by atoms with Gasteiger partial charge in [-0.25, -0.2) is 0 Å². The average molecular weight is 233 g/mol. The zero-order chi connectivity index (χ0) is 12.3. The molecule has 2 aromatic rings. The highest BCUT2D eigenvalue weighted by atomic mass is 16.5. The van der Waals surface area contributed by atoms with Crippen molar-refractivity contribution in [3.63, 3.8) is 0 Å². The van der Waals surface area contributed by atoms with E-state index in [9.17, 15) is 0 Å². The van der Waals surface area contributed by atoms with Gasteiger partial charge in [0.15, 0.2) is 11.5 Å². The van der Waals surface area contributed by atoms with Gasteiger partial charge < -0.3 is 15.2 Å². The first-order chi connectivity index (χ1) is 8.26. The Labute approximate surface area is 99.5 Å². The van der Waals surface area contributed by atoms with Gasteiger partial charge >= 0.3 is 0 Å². The molecule has 0 fully saturated rings. The van der Waals surface area contributed by atoms with Crippen LogP contribution in [0.5, 0.6) is 11.5 Å². The Bertz CT molecular complexity index is 508. The van der Waals surface area contributed by atoms with Crippen LogP contribution >= 0.6 is 0 Å². The van der Waals surface area contributed by atoms with Crippen LogP contribution in [0.4, 0.5) is 5.69 Å². The first-order valence-corrected chi connectivity index (χ1v) is 5.36. The molecule has 2 rings (SSSR count). The summed E-state index contributed by atoms with van der Waals surface area (Å²) in [5.74, 6) is 1.40. The Morgan fingerprint density at radius 2 is 2.18 bits per heavy atom. The maximum Gasteiger partial charge on any atom is 0.161 e. The van der Waals surface area contributed by atoms with E-state index in [0.717, 1.165) is 11.3 Å². The van der Waals surface area contributed by atoms with Crippen LogP contribution in [0.25, 0.3) is 11.3 Å². The maximum atomic E-state index is 5.80. The van der Waals surface area contributed by atoms with Crippen LogP contribution in [0.2, 0.25) is 0 Å². The molecule has 0 unspecified atom stereocenters. The van der Waals surface area contributed by atoms with Crippen molar-refractivity contribution in [2.24, 2.45) is 0 Å². The smallest absolute Gasteiger partial charge is 0.161 e. The van der Waals surface area contributed by atoms with E-state index in [-0.39, 0.29) is 0 Å². The van der Waals surface area contributed by atoms with Gasteiger partial charge in [0.25, 0.3) is 0 Å². The monoisotopic (exact) mass is 233 g/mol. The first kappa shape index (κ1) is 11.3. The number of ether oxygens (including phenoxy) is 2. The fourth-order valence-electron chi connectivity index (χ4n) is 1.63. The first-order valence-electron chi connectivity index (χ1n) is 5.36. The number of nitrogen functional groups attached to an aromatic ring is 1. The number of H-pyrrole nitrogens is 1. The predicted octanol–water partition coefficient (Wildman–Crippen LogP) is 2.07. The van der Waals surface area contributed by atoms with Crippen molar-refractivity contribution in [1.29, 1.82) is 0 Å². The summed E-state index contributed by atoms with van der Waals surface area (Å²) in [6.07, 6.45) is 1.58. The topological polar surface area (TPSA) is 73.2 Å². The lowest BCUT2D eigenvalue weighted by molar-refractivity contribution is 0.311. The number of hydrogen-bond acceptors (Lipinski definition) is 4. The highest BCUT2D eigenvalue weighted by Crippen LogP contribution is 2.33. The molecule has 17 heavy (non-hydrogen) atoms. The summed E-state index contributed by atoms with van der Waals surface area (Å²) >= 11 is 0. The zero-order valence-corrected chi connectivity index (χ0v) is 9.86. The summed E-state index contributed by atoms with van der Waals surface area (Å²) in [7, 11) is 1.61. The van der Waals surface area contributed by atoms with Gasteiger partial charge in [-0.05, 0) is 25.1 Å². The van der Waals surface area contributed by atoms with Crippen molar-refractivity contribution < 1.29 is 9.47 Å². The second-order valence-corrected chi connectivity index (χ2v) is 3.50. The molecule has 3 N–H and O–H groups in total. The summed E-state index contributed by atoms with van der Waals surface area (Å²) in [6.45, 7) is 2.51. The minimum Gasteiger partial charge on any atom is -0.493 e. The van der Waals surface area contributed by atoms with Gasteiger partial charge in [0.1, 0.15) is 0 Å². The number of nitrogens with one attached hydrogen (secondary N) is 1. The van der Waals surface area contributed by atoms with Crippen molar-refractivity contribution in [3.8, 4) is 22.8 Å². The Kier molecular flexibility index (Phi) is 3.18. The number of aromatic amines is 1. The number of methoxy groups -OCH3 is 1. The number of hydrogen-bond donors (Lipinski definition) is 2. The van der Waals surface area contributed by atoms with Crippen LogP contribution < -0.4 is 15.2 Å². The third-order valence-corrected chi connectivity index (χ3v) is 2.42. The number of benzene rings is 1. The van der Waals surface area contributed by atoms with Gasteiger partial charge in [0.05, 0.1) is 31.3 Å². The molecule has 0 aliphatic carbocycles. The van der Waals surface area contributed by atoms with Gasteiger partial charge in [0.2, 0.25) is 0 Å². The van der Waals surface area contributed by atoms with E-state index in [0.29, 0.717) is 23.8 Å². The van der Waals surface area contributed by atoms with Crippen LogP contribution in [-0.2, 0) is 0 Å². The van der Waals surface area contributed by atoms with Gasteiger partial charge in [-0.3, -0.25) is 5.10 Å². The molecule has 0 aliphatic heterocycles. The van der Waals surface area contributed by atoms with E-state index in [1.54, 1.807) is 13.3 Å². The van der Waals surface area contributed by atoms with Crippen molar-refractivity contribution in [2.75, 3.05) is 19.5 Å². The third-order valence-electron chi connectivity index (χ3n) is 2.42. The summed E-state index contributed by atoms with van der Waals surface area (Å²) < 4.78 is 10.7. The largest absolute Gasteiger partial charge is 0.493 e. The molecule has 1 heterocycles. The fourth-order valence-corrected chi connectivity index (χ4v) is 1.63. The summed E-state index contributed by atoms with van der Waals surface area (Å²) in [4.78, 5) is 0. The molecular formula is C12H15N3O2. The molecule has 0 saturated heterocycles. The summed E-state index contributed by atoms with van der Waals surface area (Å²) in [5.41, 5.74) is 8.12. The number of nitrogens with zero attached hydrogens (tertiary/aromatic N) is 1. The van der Waals surface area contributed by atoms with E-state index >= 15 is 0 Å². The molecule has 0 aliphatic rings. The van der Waals surface area contributed by atoms with E-state index < -0.39 is 0 Å². The van der Waals surface area contributed by atoms with Crippen LogP contribution in [0, 0.1) is 0 Å². The Balaban J connectivity index is 2.43. The van der Waals surface area contributed by atoms with Crippen LogP contribution in [0.3, 0.4) is 0 Å². The molecule has 0 saturated carbocycles. The zero-order valence-electron chi connectivity index (χ0n) is 9.86. The number of aromatic nitrogens is 2. The van der Waals surface area contributed by atoms with Crippen LogP contribution in [0.15, 0.2) is 24.4 Å². The molecule has 0 radical (unpaired) electrons. The molecule has 1 aromatic carbocycles. The molecule has 0 atom stereocenters. The summed E-state index contributed by atoms with van der Waals surface area (Å²) in [5, 5.41) is 6.75. The molecule has 5 nitrogen and oxygen atoms in total. The predicted molar refractivity (Wildman–Crippen MR) is 66.2 cm³/mol. The molecule has 1 aromatic heterocycles. The third kappa shape index (κ3) is 2.18. The van der Waals surface area contributed by atoms with E-state index in [2.05, 4.69) is 10.2 Å². The SMILES string of the molecule is CCOc1cc(-c2[nH]ncc2N)ccc1OC. The van der Waals surface area contributed by atoms with E-state index in [1.807, 2.05) is 25.1 Å². The molecule has 0 spiro atoms. The van der Waals surface area contributed by atoms with Gasteiger partial charge in [-0.2, -0.15) is 5.10 Å². The lowest BCUT2D eigenvalue weighted by atomic mass is 10.1. The Morgan fingerprint density at radius 3 is 2.76 bits per heavy atom. The number of nitrogens with two attached hydrogens (primary N) is 1. The Hall–Kier alpha value is -2.17. The molecule has 5 heteroatoms. The quantitative estimate of drug-likeness (QED) is 0.847. The van der Waals surface area contributed by atoms with Crippen molar-refractivity contribution in [3.05, 3.63) is 24.4 Å². The van der Waals surface area contributed by atoms with E-state index in [4.69, 9.17) is 15.2 Å². The minimum atomic E-state index is 0.582. The van der Waals surface area contributed by atoms with Crippen molar-refractivity contribution >= 4 is 5.69 Å². The number of rotatable bonds is 4. The van der Waals surface area contributed by atoms with Crippen molar-refractivity contribution in [2.45, 2.75) is 6.92 Å². The number of anilines is 1. The second-order valence-electron chi connectivity index (χ2n) is 3.50. The normalized spacial score (nSPS) is 10.2. The average Bonchev–Trinajstić information content (AvgIpc) is 2.76. The molecule has 0 amide bonds. The van der Waals surface area contributed by atoms with Crippen LogP contribution in [0.1, 0.15) is 6.92 Å². The van der Waals surface area contributed by atoms with Gasteiger partial charge in [0, 0.05) is 5.56 Å². The molecular weight excluding hydrogens is 218 g/mol. The molecule has 0 bridgehead atoms. The Morgan fingerprint density at radius 1 is 1.35 bits per heavy atom. The second kappa shape index (κ2) is 4.78. The van der Waals surface area contributed by atoms with Gasteiger partial charge in [-0.1, -0.05) is 0 Å².